The molecule has 2 fully saturated rings. The third kappa shape index (κ3) is 3.70. The normalized spacial score (nSPS) is 26.8. The van der Waals surface area contributed by atoms with Crippen LogP contribution in [0.5, 0.6) is 0 Å². The Kier molecular flexibility index (Phi) is 5.16. The minimum absolute atomic E-state index is 0.168. The molecular formula is C17H26N2O2S. The van der Waals surface area contributed by atoms with Gasteiger partial charge in [-0.1, -0.05) is 0 Å². The second kappa shape index (κ2) is 7.11. The average molecular weight is 322 g/mol. The van der Waals surface area contributed by atoms with Crippen LogP contribution < -0.4 is 0 Å². The Bertz CT molecular complexity index is 491. The van der Waals surface area contributed by atoms with Gasteiger partial charge in [0, 0.05) is 44.6 Å². The van der Waals surface area contributed by atoms with Crippen LogP contribution >= 0.6 is 11.3 Å². The van der Waals surface area contributed by atoms with E-state index >= 15 is 0 Å². The zero-order valence-electron chi connectivity index (χ0n) is 13.2. The van der Waals surface area contributed by atoms with Crippen molar-refractivity contribution >= 4 is 17.2 Å². The average Bonchev–Trinajstić information content (AvgIpc) is 3.02. The zero-order valence-corrected chi connectivity index (χ0v) is 14.0. The van der Waals surface area contributed by atoms with Crippen LogP contribution in [0.1, 0.15) is 37.7 Å². The zero-order chi connectivity index (χ0) is 15.4. The van der Waals surface area contributed by atoms with E-state index in [2.05, 4.69) is 21.7 Å². The quantitative estimate of drug-likeness (QED) is 0.905. The summed E-state index contributed by atoms with van der Waals surface area (Å²) in [5.41, 5.74) is 1.68. The van der Waals surface area contributed by atoms with Gasteiger partial charge in [0.25, 0.3) is 0 Å². The van der Waals surface area contributed by atoms with Crippen molar-refractivity contribution in [3.8, 4) is 0 Å². The molecule has 3 heterocycles. The van der Waals surface area contributed by atoms with E-state index in [-0.39, 0.29) is 17.9 Å². The molecule has 5 heteroatoms. The van der Waals surface area contributed by atoms with Gasteiger partial charge in [0.05, 0.1) is 0 Å². The topological polar surface area (TPSA) is 43.8 Å². The summed E-state index contributed by atoms with van der Waals surface area (Å²) >= 11 is 1.76. The van der Waals surface area contributed by atoms with Crippen molar-refractivity contribution in [1.29, 1.82) is 0 Å². The van der Waals surface area contributed by atoms with E-state index in [0.29, 0.717) is 19.4 Å². The van der Waals surface area contributed by atoms with Gasteiger partial charge in [-0.2, -0.15) is 11.3 Å². The lowest BCUT2D eigenvalue weighted by Gasteiger charge is -2.48. The van der Waals surface area contributed by atoms with E-state index in [1.165, 1.54) is 24.9 Å². The predicted octanol–water partition coefficient (Wildman–Crippen LogP) is 2.34. The molecule has 0 aromatic carbocycles. The second-order valence-electron chi connectivity index (χ2n) is 6.84. The maximum Gasteiger partial charge on any atom is 0.222 e. The molecule has 1 aromatic rings. The Labute approximate surface area is 136 Å². The molecule has 1 aromatic heterocycles. The Balaban J connectivity index is 1.62. The van der Waals surface area contributed by atoms with Crippen molar-refractivity contribution in [2.75, 3.05) is 32.8 Å². The van der Waals surface area contributed by atoms with Crippen LogP contribution in [-0.2, 0) is 11.3 Å². The Morgan fingerprint density at radius 2 is 2.23 bits per heavy atom. The number of carbonyl (C=O) groups excluding carboxylic acids is 1. The number of aliphatic hydroxyl groups excluding tert-OH is 1. The number of nitrogens with zero attached hydrogens (tertiary/aromatic N) is 2. The highest BCUT2D eigenvalue weighted by molar-refractivity contribution is 7.07. The second-order valence-corrected chi connectivity index (χ2v) is 7.62. The molecule has 3 rings (SSSR count). The van der Waals surface area contributed by atoms with Crippen molar-refractivity contribution in [1.82, 2.24) is 9.80 Å². The van der Waals surface area contributed by atoms with Crippen molar-refractivity contribution < 1.29 is 9.90 Å². The number of likely N-dealkylation sites (tertiary alicyclic amines) is 2. The monoisotopic (exact) mass is 322 g/mol. The van der Waals surface area contributed by atoms with Gasteiger partial charge < -0.3 is 10.0 Å². The number of rotatable bonds is 5. The number of amides is 1. The van der Waals surface area contributed by atoms with Crippen molar-refractivity contribution in [2.24, 2.45) is 5.41 Å². The summed E-state index contributed by atoms with van der Waals surface area (Å²) in [6.07, 6.45) is 4.86. The molecule has 2 aliphatic rings. The molecule has 1 atom stereocenters. The number of carbonyl (C=O) groups is 1. The van der Waals surface area contributed by atoms with Crippen molar-refractivity contribution in [2.45, 2.75) is 38.6 Å². The minimum Gasteiger partial charge on any atom is -0.396 e. The molecule has 2 aliphatic heterocycles. The van der Waals surface area contributed by atoms with Crippen LogP contribution in [0.4, 0.5) is 0 Å². The van der Waals surface area contributed by atoms with Gasteiger partial charge in [-0.3, -0.25) is 9.69 Å². The highest BCUT2D eigenvalue weighted by atomic mass is 32.1. The molecular weight excluding hydrogens is 296 g/mol. The van der Waals surface area contributed by atoms with Gasteiger partial charge in [-0.25, -0.2) is 0 Å². The highest BCUT2D eigenvalue weighted by Gasteiger charge is 2.41. The summed E-state index contributed by atoms with van der Waals surface area (Å²) in [6, 6.07) is 2.21. The number of hydrogen-bond donors (Lipinski definition) is 1. The maximum absolute atomic E-state index is 12.1. The largest absolute Gasteiger partial charge is 0.396 e. The summed E-state index contributed by atoms with van der Waals surface area (Å²) < 4.78 is 0. The lowest BCUT2D eigenvalue weighted by Crippen LogP contribution is -2.54. The summed E-state index contributed by atoms with van der Waals surface area (Å²) in [5.74, 6) is 0.272. The SMILES string of the molecule is O=C1CC[C@@]2(CCCN(Cc3ccsc3)C2)CN1CCCO. The third-order valence-corrected chi connectivity index (χ3v) is 5.79. The van der Waals surface area contributed by atoms with E-state index in [9.17, 15) is 4.79 Å². The fourth-order valence-corrected chi connectivity index (χ4v) is 4.65. The Morgan fingerprint density at radius 3 is 3.00 bits per heavy atom. The number of hydrogen-bond acceptors (Lipinski definition) is 4. The third-order valence-electron chi connectivity index (χ3n) is 5.06. The van der Waals surface area contributed by atoms with Gasteiger partial charge in [0.1, 0.15) is 0 Å². The fraction of sp³-hybridized carbons (Fsp3) is 0.706. The molecule has 2 saturated heterocycles. The molecule has 0 bridgehead atoms. The van der Waals surface area contributed by atoms with E-state index in [1.54, 1.807) is 11.3 Å². The first kappa shape index (κ1) is 16.0. The smallest absolute Gasteiger partial charge is 0.222 e. The summed E-state index contributed by atoms with van der Waals surface area (Å²) in [6.45, 7) is 5.07. The first-order chi connectivity index (χ1) is 10.7. The van der Waals surface area contributed by atoms with E-state index in [4.69, 9.17) is 5.11 Å². The molecule has 1 N–H and O–H groups in total. The molecule has 0 unspecified atom stereocenters. The van der Waals surface area contributed by atoms with Crippen molar-refractivity contribution in [3.63, 3.8) is 0 Å². The highest BCUT2D eigenvalue weighted by Crippen LogP contribution is 2.39. The van der Waals surface area contributed by atoms with Crippen LogP contribution in [0.15, 0.2) is 16.8 Å². The molecule has 0 aliphatic carbocycles. The van der Waals surface area contributed by atoms with Gasteiger partial charge in [0.15, 0.2) is 0 Å². The van der Waals surface area contributed by atoms with Gasteiger partial charge in [0.2, 0.25) is 5.91 Å². The molecule has 0 radical (unpaired) electrons. The fourth-order valence-electron chi connectivity index (χ4n) is 3.99. The summed E-state index contributed by atoms with van der Waals surface area (Å²) in [4.78, 5) is 16.7. The Morgan fingerprint density at radius 1 is 1.32 bits per heavy atom. The summed E-state index contributed by atoms with van der Waals surface area (Å²) in [5, 5.41) is 13.4. The molecule has 1 amide bonds. The van der Waals surface area contributed by atoms with Crippen molar-refractivity contribution in [3.05, 3.63) is 22.4 Å². The first-order valence-electron chi connectivity index (χ1n) is 8.33. The van der Waals surface area contributed by atoms with Crippen LogP contribution in [0.3, 0.4) is 0 Å². The van der Waals surface area contributed by atoms with E-state index in [0.717, 1.165) is 26.1 Å². The molecule has 22 heavy (non-hydrogen) atoms. The first-order valence-corrected chi connectivity index (χ1v) is 9.27. The minimum atomic E-state index is 0.168. The van der Waals surface area contributed by atoms with Crippen LogP contribution in [0.2, 0.25) is 0 Å². The molecule has 4 nitrogen and oxygen atoms in total. The van der Waals surface area contributed by atoms with Crippen LogP contribution in [0, 0.1) is 5.41 Å². The van der Waals surface area contributed by atoms with Crippen LogP contribution in [-0.4, -0.2) is 53.6 Å². The standard InChI is InChI=1S/C17H26N2O2S/c20-9-2-8-19-14-17(6-3-16(19)21)5-1-7-18(13-17)11-15-4-10-22-12-15/h4,10,12,20H,1-3,5-9,11,13-14H2/t17-/m1/s1. The lowest BCUT2D eigenvalue weighted by atomic mass is 9.73. The van der Waals surface area contributed by atoms with Crippen LogP contribution in [0.25, 0.3) is 0 Å². The van der Waals surface area contributed by atoms with E-state index in [1.807, 2.05) is 4.90 Å². The number of thiophene rings is 1. The molecule has 122 valence electrons. The van der Waals surface area contributed by atoms with E-state index < -0.39 is 0 Å². The number of piperidine rings is 2. The lowest BCUT2D eigenvalue weighted by molar-refractivity contribution is -0.139. The Hall–Kier alpha value is -0.910. The molecule has 1 spiro atoms. The van der Waals surface area contributed by atoms with Gasteiger partial charge in [-0.15, -0.1) is 0 Å². The molecule has 0 saturated carbocycles. The predicted molar refractivity (Wildman–Crippen MR) is 88.8 cm³/mol. The van der Waals surface area contributed by atoms with Gasteiger partial charge >= 0.3 is 0 Å². The summed E-state index contributed by atoms with van der Waals surface area (Å²) in [7, 11) is 0. The number of aliphatic hydroxyl groups is 1. The maximum atomic E-state index is 12.1. The van der Waals surface area contributed by atoms with Gasteiger partial charge in [-0.05, 0) is 54.6 Å².